The zero-order valence-corrected chi connectivity index (χ0v) is 12.8. The van der Waals surface area contributed by atoms with Gasteiger partial charge in [0.2, 0.25) is 0 Å². The number of nitrogens with zero attached hydrogens (tertiary/aromatic N) is 2. The van der Waals surface area contributed by atoms with Gasteiger partial charge in [0.05, 0.1) is 0 Å². The van der Waals surface area contributed by atoms with Gasteiger partial charge in [-0.15, -0.1) is 0 Å². The maximum absolute atomic E-state index is 3.53. The highest BCUT2D eigenvalue weighted by Crippen LogP contribution is 2.32. The largest absolute Gasteiger partial charge is 0.385 e. The van der Waals surface area contributed by atoms with E-state index in [0.29, 0.717) is 5.92 Å². The molecular formula is C17H27N3. The van der Waals surface area contributed by atoms with Crippen LogP contribution < -0.4 is 5.32 Å². The third-order valence-corrected chi connectivity index (χ3v) is 5.02. The van der Waals surface area contributed by atoms with Crippen LogP contribution in [0.15, 0.2) is 24.3 Å². The van der Waals surface area contributed by atoms with E-state index < -0.39 is 0 Å². The van der Waals surface area contributed by atoms with Crippen molar-refractivity contribution in [3.63, 3.8) is 0 Å². The third-order valence-electron chi connectivity index (χ3n) is 5.02. The smallest absolute Gasteiger partial charge is 0.0376 e. The molecule has 2 heterocycles. The molecule has 110 valence electrons. The van der Waals surface area contributed by atoms with Gasteiger partial charge < -0.3 is 10.2 Å². The van der Waals surface area contributed by atoms with E-state index >= 15 is 0 Å². The SMILES string of the molecule is CCC1CN(CC2CCNc3ccccc32)CCN1C. The highest BCUT2D eigenvalue weighted by Gasteiger charge is 2.27. The quantitative estimate of drug-likeness (QED) is 0.913. The van der Waals surface area contributed by atoms with Crippen LogP contribution in [-0.2, 0) is 0 Å². The van der Waals surface area contributed by atoms with Gasteiger partial charge in [-0.25, -0.2) is 0 Å². The van der Waals surface area contributed by atoms with Crippen molar-refractivity contribution in [2.75, 3.05) is 45.1 Å². The van der Waals surface area contributed by atoms with E-state index in [1.54, 1.807) is 0 Å². The molecule has 1 fully saturated rings. The van der Waals surface area contributed by atoms with Crippen molar-refractivity contribution in [2.45, 2.75) is 31.7 Å². The lowest BCUT2D eigenvalue weighted by Crippen LogP contribution is -2.52. The Kier molecular flexibility index (Phi) is 4.27. The van der Waals surface area contributed by atoms with E-state index in [-0.39, 0.29) is 0 Å². The van der Waals surface area contributed by atoms with Gasteiger partial charge in [-0.3, -0.25) is 4.90 Å². The fourth-order valence-electron chi connectivity index (χ4n) is 3.67. The fourth-order valence-corrected chi connectivity index (χ4v) is 3.67. The molecule has 0 amide bonds. The number of benzene rings is 1. The van der Waals surface area contributed by atoms with Crippen LogP contribution in [-0.4, -0.2) is 55.6 Å². The second-order valence-corrected chi connectivity index (χ2v) is 6.30. The van der Waals surface area contributed by atoms with Gasteiger partial charge in [-0.05, 0) is 31.5 Å². The zero-order valence-electron chi connectivity index (χ0n) is 12.8. The number of para-hydroxylation sites is 1. The number of likely N-dealkylation sites (N-methyl/N-ethyl adjacent to an activating group) is 1. The first-order valence-electron chi connectivity index (χ1n) is 8.03. The molecule has 2 aliphatic rings. The minimum Gasteiger partial charge on any atom is -0.385 e. The van der Waals surface area contributed by atoms with Crippen LogP contribution >= 0.6 is 0 Å². The average molecular weight is 273 g/mol. The van der Waals surface area contributed by atoms with Gasteiger partial charge in [0.1, 0.15) is 0 Å². The first kappa shape index (κ1) is 13.9. The molecule has 1 N–H and O–H groups in total. The Balaban J connectivity index is 1.67. The Hall–Kier alpha value is -1.06. The number of rotatable bonds is 3. The highest BCUT2D eigenvalue weighted by molar-refractivity contribution is 5.54. The number of anilines is 1. The first-order valence-corrected chi connectivity index (χ1v) is 8.03. The summed E-state index contributed by atoms with van der Waals surface area (Å²) in [6, 6.07) is 9.58. The predicted molar refractivity (Wildman–Crippen MR) is 85.4 cm³/mol. The second-order valence-electron chi connectivity index (χ2n) is 6.30. The van der Waals surface area contributed by atoms with E-state index in [4.69, 9.17) is 0 Å². The summed E-state index contributed by atoms with van der Waals surface area (Å²) in [5.74, 6) is 0.702. The second kappa shape index (κ2) is 6.15. The van der Waals surface area contributed by atoms with Gasteiger partial charge in [0.25, 0.3) is 0 Å². The molecule has 20 heavy (non-hydrogen) atoms. The highest BCUT2D eigenvalue weighted by atomic mass is 15.3. The molecule has 3 heteroatoms. The Bertz CT molecular complexity index is 446. The molecule has 0 saturated carbocycles. The van der Waals surface area contributed by atoms with Crippen LogP contribution in [0.4, 0.5) is 5.69 Å². The van der Waals surface area contributed by atoms with E-state index in [2.05, 4.69) is 53.4 Å². The minimum atomic E-state index is 0.702. The predicted octanol–water partition coefficient (Wildman–Crippen LogP) is 2.61. The van der Waals surface area contributed by atoms with Crippen LogP contribution in [0.5, 0.6) is 0 Å². The number of piperazine rings is 1. The van der Waals surface area contributed by atoms with Crippen molar-refractivity contribution in [2.24, 2.45) is 0 Å². The zero-order chi connectivity index (χ0) is 13.9. The summed E-state index contributed by atoms with van der Waals surface area (Å²) in [6.07, 6.45) is 2.52. The lowest BCUT2D eigenvalue weighted by molar-refractivity contribution is 0.0880. The molecule has 1 saturated heterocycles. The molecule has 0 radical (unpaired) electrons. The summed E-state index contributed by atoms with van der Waals surface area (Å²) >= 11 is 0. The normalized spacial score (nSPS) is 27.9. The molecule has 0 bridgehead atoms. The minimum absolute atomic E-state index is 0.702. The van der Waals surface area contributed by atoms with Crippen LogP contribution in [0, 0.1) is 0 Å². The van der Waals surface area contributed by atoms with Crippen molar-refractivity contribution in [3.8, 4) is 0 Å². The van der Waals surface area contributed by atoms with Crippen molar-refractivity contribution < 1.29 is 0 Å². The molecule has 1 aromatic carbocycles. The van der Waals surface area contributed by atoms with E-state index in [0.717, 1.165) is 12.6 Å². The topological polar surface area (TPSA) is 18.5 Å². The van der Waals surface area contributed by atoms with Gasteiger partial charge in [-0.1, -0.05) is 25.1 Å². The number of nitrogens with one attached hydrogen (secondary N) is 1. The molecule has 1 aromatic rings. The molecule has 2 atom stereocenters. The molecule has 2 unspecified atom stereocenters. The monoisotopic (exact) mass is 273 g/mol. The standard InChI is InChI=1S/C17H27N3/c1-3-15-13-20(11-10-19(15)2)12-14-8-9-18-17-7-5-4-6-16(14)17/h4-7,14-15,18H,3,8-13H2,1-2H3. The maximum Gasteiger partial charge on any atom is 0.0376 e. The summed E-state index contributed by atoms with van der Waals surface area (Å²) in [6.45, 7) is 8.32. The Morgan fingerprint density at radius 2 is 2.10 bits per heavy atom. The van der Waals surface area contributed by atoms with Gasteiger partial charge in [0.15, 0.2) is 0 Å². The van der Waals surface area contributed by atoms with Crippen LogP contribution in [0.1, 0.15) is 31.2 Å². The lowest BCUT2D eigenvalue weighted by atomic mass is 9.90. The molecule has 0 spiro atoms. The molecule has 0 aromatic heterocycles. The maximum atomic E-state index is 3.53. The van der Waals surface area contributed by atoms with E-state index in [9.17, 15) is 0 Å². The Morgan fingerprint density at radius 1 is 1.25 bits per heavy atom. The summed E-state index contributed by atoms with van der Waals surface area (Å²) in [4.78, 5) is 5.20. The molecule has 0 aliphatic carbocycles. The van der Waals surface area contributed by atoms with Gasteiger partial charge in [-0.2, -0.15) is 0 Å². The summed E-state index contributed by atoms with van der Waals surface area (Å²) < 4.78 is 0. The Labute approximate surface area is 123 Å². The van der Waals surface area contributed by atoms with Gasteiger partial charge >= 0.3 is 0 Å². The van der Waals surface area contributed by atoms with Crippen molar-refractivity contribution in [1.82, 2.24) is 9.80 Å². The molecular weight excluding hydrogens is 246 g/mol. The van der Waals surface area contributed by atoms with Gasteiger partial charge in [0, 0.05) is 50.4 Å². The van der Waals surface area contributed by atoms with Crippen molar-refractivity contribution in [1.29, 1.82) is 0 Å². The first-order chi connectivity index (χ1) is 9.78. The van der Waals surface area contributed by atoms with Crippen molar-refractivity contribution >= 4 is 5.69 Å². The van der Waals surface area contributed by atoms with Crippen LogP contribution in [0.25, 0.3) is 0 Å². The van der Waals surface area contributed by atoms with Crippen LogP contribution in [0.2, 0.25) is 0 Å². The number of hydrogen-bond donors (Lipinski definition) is 1. The van der Waals surface area contributed by atoms with Crippen LogP contribution in [0.3, 0.4) is 0 Å². The Morgan fingerprint density at radius 3 is 2.95 bits per heavy atom. The number of hydrogen-bond acceptors (Lipinski definition) is 3. The summed E-state index contributed by atoms with van der Waals surface area (Å²) in [5.41, 5.74) is 2.87. The summed E-state index contributed by atoms with van der Waals surface area (Å²) in [7, 11) is 2.27. The molecule has 3 nitrogen and oxygen atoms in total. The van der Waals surface area contributed by atoms with E-state index in [1.807, 2.05) is 0 Å². The third kappa shape index (κ3) is 2.84. The fraction of sp³-hybridized carbons (Fsp3) is 0.647. The van der Waals surface area contributed by atoms with Crippen molar-refractivity contribution in [3.05, 3.63) is 29.8 Å². The molecule has 2 aliphatic heterocycles. The lowest BCUT2D eigenvalue weighted by Gasteiger charge is -2.41. The number of fused-ring (bicyclic) bond motifs is 1. The molecule has 3 rings (SSSR count). The average Bonchev–Trinajstić information content (AvgIpc) is 2.49. The summed E-state index contributed by atoms with van der Waals surface area (Å²) in [5, 5.41) is 3.53. The van der Waals surface area contributed by atoms with E-state index in [1.165, 1.54) is 50.3 Å².